The van der Waals surface area contributed by atoms with E-state index in [0.717, 1.165) is 111 Å². The largest absolute Gasteiger partial charge is 0.264 e. The third kappa shape index (κ3) is 31.5. The summed E-state index contributed by atoms with van der Waals surface area (Å²) in [6.07, 6.45) is 29.6. The van der Waals surface area contributed by atoms with Crippen LogP contribution in [0.3, 0.4) is 0 Å². The SMILES string of the molecule is CC.CC.CC.CC.CC.CC.CC.CC.Cc1cc2cncc(C)c2cn1.Cc1cc2nccc(C)c2cn1.Cc1ccc2c(C)ccnc2n1.Cc1ccc2c(C)cncc2n1.Cc1cnc2c(C)ccnc2c1.Cc1cnc2c(C)cncc2c1.Cc1cnc2c(C)nccc2c1.Cc1ncc2c(C)cccc2n1. The molecule has 0 bridgehead atoms. The molecule has 0 N–H and O–H groups in total. The number of rotatable bonds is 0. The zero-order chi connectivity index (χ0) is 84.4. The Labute approximate surface area is 671 Å². The lowest BCUT2D eigenvalue weighted by Crippen LogP contribution is -1.88. The summed E-state index contributed by atoms with van der Waals surface area (Å²) in [7, 11) is 0. The lowest BCUT2D eigenvalue weighted by molar-refractivity contribution is 1.09. The molecule has 0 aliphatic heterocycles. The highest BCUT2D eigenvalue weighted by Gasteiger charge is 2.05. The molecule has 15 aromatic heterocycles. The van der Waals surface area contributed by atoms with Crippen molar-refractivity contribution in [1.82, 2.24) is 79.7 Å². The minimum absolute atomic E-state index is 0.827. The van der Waals surface area contributed by atoms with E-state index in [2.05, 4.69) is 143 Å². The van der Waals surface area contributed by atoms with E-state index in [0.29, 0.717) is 0 Å². The van der Waals surface area contributed by atoms with Crippen molar-refractivity contribution in [2.45, 2.75) is 222 Å². The molecule has 0 fully saturated rings. The van der Waals surface area contributed by atoms with Gasteiger partial charge in [0.05, 0.1) is 50.5 Å². The number of hydrogen-bond donors (Lipinski definition) is 0. The number of fused-ring (bicyclic) bond motifs is 8. The Morgan fingerprint density at radius 1 is 0.214 bits per heavy atom. The minimum atomic E-state index is 0.827. The number of aryl methyl sites for hydroxylation is 16. The second-order valence-corrected chi connectivity index (χ2v) is 23.9. The maximum absolute atomic E-state index is 4.37. The summed E-state index contributed by atoms with van der Waals surface area (Å²) in [6, 6.07) is 32.6. The maximum Gasteiger partial charge on any atom is 0.159 e. The van der Waals surface area contributed by atoms with Gasteiger partial charge in [0.25, 0.3) is 0 Å². The van der Waals surface area contributed by atoms with Crippen molar-refractivity contribution in [3.63, 3.8) is 0 Å². The van der Waals surface area contributed by atoms with Gasteiger partial charge in [0.2, 0.25) is 0 Å². The van der Waals surface area contributed by atoms with Crippen LogP contribution in [0.2, 0.25) is 0 Å². The van der Waals surface area contributed by atoms with Gasteiger partial charge < -0.3 is 0 Å². The Hall–Kier alpha value is -11.5. The molecule has 16 nitrogen and oxygen atoms in total. The summed E-state index contributed by atoms with van der Waals surface area (Å²) in [5, 5.41) is 9.26. The highest BCUT2D eigenvalue weighted by atomic mass is 14.9. The van der Waals surface area contributed by atoms with E-state index in [1.54, 1.807) is 12.4 Å². The van der Waals surface area contributed by atoms with Crippen LogP contribution in [-0.4, -0.2) is 79.7 Å². The van der Waals surface area contributed by atoms with Gasteiger partial charge >= 0.3 is 0 Å². The first kappa shape index (κ1) is 98.5. The van der Waals surface area contributed by atoms with E-state index in [4.69, 9.17) is 0 Å². The van der Waals surface area contributed by atoms with Gasteiger partial charge in [-0.1, -0.05) is 129 Å². The van der Waals surface area contributed by atoms with Crippen LogP contribution >= 0.6 is 0 Å². The van der Waals surface area contributed by atoms with Crippen LogP contribution < -0.4 is 0 Å². The van der Waals surface area contributed by atoms with Crippen molar-refractivity contribution in [2.75, 3.05) is 0 Å². The van der Waals surface area contributed by atoms with Gasteiger partial charge in [-0.05, 0) is 245 Å². The molecule has 0 amide bonds. The molecule has 0 aliphatic rings. The lowest BCUT2D eigenvalue weighted by Gasteiger charge is -2.00. The molecule has 16 rings (SSSR count). The van der Waals surface area contributed by atoms with E-state index in [9.17, 15) is 0 Å². The van der Waals surface area contributed by atoms with Crippen molar-refractivity contribution in [2.24, 2.45) is 0 Å². The molecule has 0 unspecified atom stereocenters. The lowest BCUT2D eigenvalue weighted by atomic mass is 10.1. The highest BCUT2D eigenvalue weighted by Crippen LogP contribution is 2.21. The Morgan fingerprint density at radius 2 is 0.670 bits per heavy atom. The Bertz CT molecular complexity index is 4370. The first-order chi connectivity index (χ1) is 54.2. The Morgan fingerprint density at radius 3 is 1.30 bits per heavy atom. The first-order valence-corrected chi connectivity index (χ1v) is 39.6. The van der Waals surface area contributed by atoms with Crippen molar-refractivity contribution < 1.29 is 0 Å². The molecule has 0 radical (unpaired) electrons. The van der Waals surface area contributed by atoms with Crippen molar-refractivity contribution in [1.29, 1.82) is 0 Å². The molecular weight excluding hydrogens is 1380 g/mol. The minimum Gasteiger partial charge on any atom is -0.264 e. The second-order valence-electron chi connectivity index (χ2n) is 23.9. The smallest absolute Gasteiger partial charge is 0.159 e. The average Bonchev–Trinajstić information content (AvgIpc) is 0.898. The number of benzene rings is 1. The van der Waals surface area contributed by atoms with Crippen molar-refractivity contribution >= 4 is 87.4 Å². The Balaban J connectivity index is 0.000000623. The summed E-state index contributed by atoms with van der Waals surface area (Å²) in [4.78, 5) is 67.8. The molecule has 15 heterocycles. The molecule has 0 aliphatic carbocycles. The van der Waals surface area contributed by atoms with Crippen LogP contribution in [-0.2, 0) is 0 Å². The predicted molar refractivity (Wildman–Crippen MR) is 483 cm³/mol. The van der Waals surface area contributed by atoms with Gasteiger partial charge in [-0.3, -0.25) is 59.8 Å². The standard InChI is InChI=1S/8C10H10N2.8C2H6/c1-7-4-11-5-9-3-8(2)12-6-10(7)9;1-7-3-9-6-11-5-8(2)10(9)12-4-7;1-7-5-11-6-10-9(7)4-3-8(2)12-10;1-7-5-9-3-4-11-8(2)10(9)12-6-7;1-7-5-9-10(12-6-7)8(2)3-4-11-9;1-7-3-4-11-10-5-8(2)12-6-9(7)10;1-7-5-6-11-10-9(7)4-3-8(2)12-10;1-7-4-3-5-10-9(7)6-11-8(2)12-10;8*1-2/h8*3-6H,1-2H3;8*1-2H3. The molecule has 0 saturated carbocycles. The molecular formula is C96H128N16. The Kier molecular flexibility index (Phi) is 48.3. The van der Waals surface area contributed by atoms with E-state index < -0.39 is 0 Å². The van der Waals surface area contributed by atoms with E-state index in [1.165, 1.54) is 66.1 Å². The van der Waals surface area contributed by atoms with Crippen LogP contribution in [0.15, 0.2) is 196 Å². The average molecular weight is 1510 g/mol. The monoisotopic (exact) mass is 1510 g/mol. The number of hydrogen-bond acceptors (Lipinski definition) is 16. The van der Waals surface area contributed by atoms with Crippen LogP contribution in [0.4, 0.5) is 0 Å². The van der Waals surface area contributed by atoms with Gasteiger partial charge in [0, 0.05) is 159 Å². The first-order valence-electron chi connectivity index (χ1n) is 39.6. The van der Waals surface area contributed by atoms with Gasteiger partial charge in [0.15, 0.2) is 5.65 Å². The summed E-state index contributed by atoms with van der Waals surface area (Å²) in [5.74, 6) is 0.827. The molecule has 1 aromatic carbocycles. The molecule has 0 atom stereocenters. The van der Waals surface area contributed by atoms with Gasteiger partial charge in [-0.2, -0.15) is 0 Å². The third-order valence-corrected chi connectivity index (χ3v) is 15.6. The van der Waals surface area contributed by atoms with Crippen LogP contribution in [0.1, 0.15) is 201 Å². The molecule has 0 saturated heterocycles. The van der Waals surface area contributed by atoms with Crippen LogP contribution in [0, 0.1) is 111 Å². The van der Waals surface area contributed by atoms with Gasteiger partial charge in [-0.15, -0.1) is 0 Å². The van der Waals surface area contributed by atoms with Crippen molar-refractivity contribution in [3.05, 3.63) is 286 Å². The molecule has 112 heavy (non-hydrogen) atoms. The highest BCUT2D eigenvalue weighted by molar-refractivity contribution is 5.86. The third-order valence-electron chi connectivity index (χ3n) is 15.6. The summed E-state index contributed by atoms with van der Waals surface area (Å²) in [5.41, 5.74) is 24.9. The zero-order valence-electron chi connectivity index (χ0n) is 73.6. The summed E-state index contributed by atoms with van der Waals surface area (Å²) < 4.78 is 0. The maximum atomic E-state index is 4.37. The van der Waals surface area contributed by atoms with Gasteiger partial charge in [0.1, 0.15) is 5.82 Å². The van der Waals surface area contributed by atoms with E-state index in [1.807, 2.05) is 342 Å². The molecule has 16 aromatic rings. The van der Waals surface area contributed by atoms with Crippen LogP contribution in [0.25, 0.3) is 87.4 Å². The summed E-state index contributed by atoms with van der Waals surface area (Å²) >= 11 is 0. The van der Waals surface area contributed by atoms with Crippen molar-refractivity contribution in [3.8, 4) is 0 Å². The second kappa shape index (κ2) is 55.0. The predicted octanol–water partition coefficient (Wildman–Crippen LogP) is 26.2. The van der Waals surface area contributed by atoms with E-state index in [-0.39, 0.29) is 0 Å². The number of pyridine rings is 14. The molecule has 0 spiro atoms. The molecule has 16 heteroatoms. The number of aromatic nitrogens is 16. The summed E-state index contributed by atoms with van der Waals surface area (Å²) in [6.45, 7) is 64.3. The van der Waals surface area contributed by atoms with Gasteiger partial charge in [-0.25, -0.2) is 19.9 Å². The normalized spacial score (nSPS) is 9.43. The fourth-order valence-electron chi connectivity index (χ4n) is 10.3. The quantitative estimate of drug-likeness (QED) is 0.138. The van der Waals surface area contributed by atoms with E-state index >= 15 is 0 Å². The topological polar surface area (TPSA) is 206 Å². The fraction of sp³-hybridized carbons (Fsp3) is 0.333. The number of nitrogens with zero attached hydrogens (tertiary/aromatic N) is 16. The van der Waals surface area contributed by atoms with Crippen LogP contribution in [0.5, 0.6) is 0 Å². The molecule has 592 valence electrons. The fourth-order valence-corrected chi connectivity index (χ4v) is 10.3. The zero-order valence-corrected chi connectivity index (χ0v) is 73.6.